The van der Waals surface area contributed by atoms with Crippen molar-refractivity contribution < 1.29 is 18.0 Å². The molecule has 1 aromatic heterocycles. The molecule has 1 heterocycles. The third-order valence-electron chi connectivity index (χ3n) is 6.05. The molecule has 1 aromatic carbocycles. The smallest absolute Gasteiger partial charge is 0.301 e. The molecule has 140 valence electrons. The molecule has 0 atom stereocenters. The van der Waals surface area contributed by atoms with Crippen LogP contribution in [-0.4, -0.2) is 10.9 Å². The van der Waals surface area contributed by atoms with E-state index in [1.807, 2.05) is 0 Å². The largest absolute Gasteiger partial charge is 0.416 e. The van der Waals surface area contributed by atoms with Gasteiger partial charge in [0.2, 0.25) is 5.91 Å². The van der Waals surface area contributed by atoms with Crippen molar-refractivity contribution >= 4 is 32.6 Å². The van der Waals surface area contributed by atoms with Gasteiger partial charge < -0.3 is 5.32 Å². The molecule has 7 heteroatoms. The van der Waals surface area contributed by atoms with Gasteiger partial charge >= 0.3 is 6.18 Å². The highest BCUT2D eigenvalue weighted by molar-refractivity contribution is 7.22. The first-order valence-electron chi connectivity index (χ1n) is 8.99. The number of amides is 1. The second kappa shape index (κ2) is 5.94. The first-order valence-corrected chi connectivity index (χ1v) is 9.80. The SMILES string of the molecule is CC12CCCC(C(=O)Nc3nc4ccc(C(F)(F)F)cc4s3)(CCC1)C2. The van der Waals surface area contributed by atoms with Crippen molar-refractivity contribution in [2.75, 3.05) is 5.32 Å². The molecule has 0 aliphatic heterocycles. The van der Waals surface area contributed by atoms with Gasteiger partial charge in [-0.15, -0.1) is 0 Å². The minimum atomic E-state index is -4.38. The van der Waals surface area contributed by atoms with Gasteiger partial charge in [-0.1, -0.05) is 31.1 Å². The van der Waals surface area contributed by atoms with Gasteiger partial charge in [0.15, 0.2) is 5.13 Å². The Labute approximate surface area is 154 Å². The Morgan fingerprint density at radius 1 is 1.19 bits per heavy atom. The average Bonchev–Trinajstić information content (AvgIpc) is 2.94. The second-order valence-corrected chi connectivity index (χ2v) is 9.16. The molecule has 26 heavy (non-hydrogen) atoms. The van der Waals surface area contributed by atoms with Crippen molar-refractivity contribution in [3.8, 4) is 0 Å². The molecule has 2 aliphatic carbocycles. The lowest BCUT2D eigenvalue weighted by molar-refractivity contribution is -0.137. The van der Waals surface area contributed by atoms with Gasteiger partial charge in [-0.3, -0.25) is 4.79 Å². The molecule has 2 aliphatic rings. The van der Waals surface area contributed by atoms with Gasteiger partial charge in [0.1, 0.15) is 0 Å². The lowest BCUT2D eigenvalue weighted by Crippen LogP contribution is -2.46. The van der Waals surface area contributed by atoms with Gasteiger partial charge in [0.05, 0.1) is 21.2 Å². The van der Waals surface area contributed by atoms with E-state index in [9.17, 15) is 18.0 Å². The summed E-state index contributed by atoms with van der Waals surface area (Å²) in [5.41, 5.74) is -0.322. The minimum absolute atomic E-state index is 0.0155. The fourth-order valence-electron chi connectivity index (χ4n) is 4.82. The Bertz CT molecular complexity index is 848. The fraction of sp³-hybridized carbons (Fsp3) is 0.579. The van der Waals surface area contributed by atoms with Crippen LogP contribution in [-0.2, 0) is 11.0 Å². The number of halogens is 3. The number of nitrogens with zero attached hydrogens (tertiary/aromatic N) is 1. The van der Waals surface area contributed by atoms with Gasteiger partial charge in [0, 0.05) is 0 Å². The van der Waals surface area contributed by atoms with Crippen LogP contribution in [0.4, 0.5) is 18.3 Å². The van der Waals surface area contributed by atoms with Gasteiger partial charge in [0.25, 0.3) is 0 Å². The minimum Gasteiger partial charge on any atom is -0.301 e. The summed E-state index contributed by atoms with van der Waals surface area (Å²) in [5, 5.41) is 3.30. The predicted molar refractivity (Wildman–Crippen MR) is 96.1 cm³/mol. The van der Waals surface area contributed by atoms with Gasteiger partial charge in [-0.05, 0) is 55.7 Å². The number of thiazole rings is 1. The van der Waals surface area contributed by atoms with Crippen LogP contribution in [0.15, 0.2) is 18.2 Å². The summed E-state index contributed by atoms with van der Waals surface area (Å²) in [7, 11) is 0. The van der Waals surface area contributed by atoms with Crippen LogP contribution >= 0.6 is 11.3 Å². The van der Waals surface area contributed by atoms with Crippen LogP contribution in [0.3, 0.4) is 0 Å². The Hall–Kier alpha value is -1.63. The molecule has 0 radical (unpaired) electrons. The molecule has 2 fully saturated rings. The number of alkyl halides is 3. The number of nitrogens with one attached hydrogen (secondary N) is 1. The van der Waals surface area contributed by atoms with Crippen LogP contribution in [0.2, 0.25) is 0 Å². The molecule has 2 bridgehead atoms. The van der Waals surface area contributed by atoms with Crippen molar-refractivity contribution in [2.45, 2.75) is 58.0 Å². The first-order chi connectivity index (χ1) is 12.2. The monoisotopic (exact) mass is 382 g/mol. The predicted octanol–water partition coefficient (Wildman–Crippen LogP) is 6.00. The molecular weight excluding hydrogens is 361 g/mol. The molecule has 1 N–H and O–H groups in total. The lowest BCUT2D eigenvalue weighted by atomic mass is 9.55. The third kappa shape index (κ3) is 3.10. The number of aromatic nitrogens is 1. The highest BCUT2D eigenvalue weighted by Gasteiger charge is 2.49. The summed E-state index contributed by atoms with van der Waals surface area (Å²) < 4.78 is 39.0. The Balaban J connectivity index is 1.58. The summed E-state index contributed by atoms with van der Waals surface area (Å²) >= 11 is 1.10. The summed E-state index contributed by atoms with van der Waals surface area (Å²) in [6.07, 6.45) is 2.74. The van der Waals surface area contributed by atoms with E-state index >= 15 is 0 Å². The van der Waals surface area contributed by atoms with Gasteiger partial charge in [-0.25, -0.2) is 4.98 Å². The van der Waals surface area contributed by atoms with Crippen molar-refractivity contribution in [3.05, 3.63) is 23.8 Å². The number of rotatable bonds is 2. The van der Waals surface area contributed by atoms with Crippen LogP contribution < -0.4 is 5.32 Å². The maximum absolute atomic E-state index is 13.0. The lowest BCUT2D eigenvalue weighted by Gasteiger charge is -2.49. The van der Waals surface area contributed by atoms with E-state index in [-0.39, 0.29) is 16.7 Å². The Kier molecular flexibility index (Phi) is 4.06. The maximum Gasteiger partial charge on any atom is 0.416 e. The first kappa shape index (κ1) is 17.8. The molecule has 4 rings (SSSR count). The molecular formula is C19H21F3N2OS. The van der Waals surface area contributed by atoms with Crippen molar-refractivity contribution in [1.29, 1.82) is 0 Å². The van der Waals surface area contributed by atoms with Crippen LogP contribution in [0.5, 0.6) is 0 Å². The normalized spacial score (nSPS) is 28.9. The van der Waals surface area contributed by atoms with E-state index in [4.69, 9.17) is 0 Å². The number of hydrogen-bond acceptors (Lipinski definition) is 3. The molecule has 2 saturated carbocycles. The zero-order valence-electron chi connectivity index (χ0n) is 14.6. The van der Waals surface area contributed by atoms with E-state index in [0.29, 0.717) is 15.3 Å². The number of hydrogen-bond donors (Lipinski definition) is 1. The molecule has 2 aromatic rings. The number of anilines is 1. The molecule has 0 spiro atoms. The van der Waals surface area contributed by atoms with E-state index in [1.54, 1.807) is 0 Å². The Morgan fingerprint density at radius 2 is 1.88 bits per heavy atom. The zero-order valence-corrected chi connectivity index (χ0v) is 15.4. The third-order valence-corrected chi connectivity index (χ3v) is 6.99. The molecule has 1 amide bonds. The summed E-state index contributed by atoms with van der Waals surface area (Å²) in [4.78, 5) is 17.3. The zero-order chi connectivity index (χ0) is 18.6. The van der Waals surface area contributed by atoms with E-state index in [0.717, 1.165) is 55.6 Å². The number of carbonyl (C=O) groups is 1. The Morgan fingerprint density at radius 3 is 2.54 bits per heavy atom. The highest BCUT2D eigenvalue weighted by Crippen LogP contribution is 2.55. The topological polar surface area (TPSA) is 42.0 Å². The quantitative estimate of drug-likeness (QED) is 0.692. The number of benzene rings is 1. The summed E-state index contributed by atoms with van der Waals surface area (Å²) in [6, 6.07) is 3.49. The van der Waals surface area contributed by atoms with Crippen molar-refractivity contribution in [1.82, 2.24) is 4.98 Å². The summed E-state index contributed by atoms with van der Waals surface area (Å²) in [6.45, 7) is 2.27. The van der Waals surface area contributed by atoms with Crippen molar-refractivity contribution in [2.24, 2.45) is 10.8 Å². The average molecular weight is 382 g/mol. The highest BCUT2D eigenvalue weighted by atomic mass is 32.1. The number of fused-ring (bicyclic) bond motifs is 3. The summed E-state index contributed by atoms with van der Waals surface area (Å²) in [5.74, 6) is -0.0155. The van der Waals surface area contributed by atoms with Crippen molar-refractivity contribution in [3.63, 3.8) is 0 Å². The standard InChI is InChI=1S/C19H21F3N2OS/c1-17-6-2-8-18(11-17,9-3-7-17)15(25)24-16-23-13-5-4-12(19(20,21)22)10-14(13)26-16/h4-5,10H,2-3,6-9,11H2,1H3,(H,23,24,25). The fourth-order valence-corrected chi connectivity index (χ4v) is 5.72. The van der Waals surface area contributed by atoms with Crippen LogP contribution in [0, 0.1) is 10.8 Å². The molecule has 0 saturated heterocycles. The maximum atomic E-state index is 13.0. The molecule has 0 unspecified atom stereocenters. The van der Waals surface area contributed by atoms with Gasteiger partial charge in [-0.2, -0.15) is 13.2 Å². The molecule has 3 nitrogen and oxygen atoms in total. The number of carbonyl (C=O) groups excluding carboxylic acids is 1. The van der Waals surface area contributed by atoms with Crippen LogP contribution in [0.1, 0.15) is 57.4 Å². The van der Waals surface area contributed by atoms with Crippen LogP contribution in [0.25, 0.3) is 10.2 Å². The van der Waals surface area contributed by atoms with E-state index < -0.39 is 11.7 Å². The van der Waals surface area contributed by atoms with E-state index in [1.165, 1.54) is 18.9 Å². The van der Waals surface area contributed by atoms with E-state index in [2.05, 4.69) is 17.2 Å². The second-order valence-electron chi connectivity index (χ2n) is 8.13.